The van der Waals surface area contributed by atoms with Crippen LogP contribution in [0.5, 0.6) is 0 Å². The lowest BCUT2D eigenvalue weighted by Gasteiger charge is -2.06. The fourth-order valence-electron chi connectivity index (χ4n) is 1.69. The summed E-state index contributed by atoms with van der Waals surface area (Å²) in [6, 6.07) is 8.94. The van der Waals surface area contributed by atoms with Crippen LogP contribution in [0.2, 0.25) is 0 Å². The van der Waals surface area contributed by atoms with E-state index in [0.717, 1.165) is 5.56 Å². The van der Waals surface area contributed by atoms with Crippen molar-refractivity contribution in [1.82, 2.24) is 10.1 Å². The Balaban J connectivity index is 1.87. The highest BCUT2D eigenvalue weighted by molar-refractivity contribution is 5.16. The standard InChI is InChI=1S/C13H14F3N3O2/c14-13(15,16)8-20-7-11-18-12(21-19-11)10(17)6-9-4-2-1-3-5-9/h1-5,10H,6-8,17H2. The first-order chi connectivity index (χ1) is 9.94. The lowest BCUT2D eigenvalue weighted by Crippen LogP contribution is -2.17. The Kier molecular flexibility index (Phi) is 4.92. The highest BCUT2D eigenvalue weighted by Gasteiger charge is 2.27. The lowest BCUT2D eigenvalue weighted by atomic mass is 10.1. The Morgan fingerprint density at radius 2 is 1.95 bits per heavy atom. The van der Waals surface area contributed by atoms with E-state index in [-0.39, 0.29) is 18.3 Å². The summed E-state index contributed by atoms with van der Waals surface area (Å²) in [5.74, 6) is 0.210. The van der Waals surface area contributed by atoms with Crippen molar-refractivity contribution in [3.8, 4) is 0 Å². The molecule has 0 aliphatic rings. The Morgan fingerprint density at radius 1 is 1.24 bits per heavy atom. The Morgan fingerprint density at radius 3 is 2.62 bits per heavy atom. The van der Waals surface area contributed by atoms with Crippen molar-refractivity contribution in [2.45, 2.75) is 25.2 Å². The third-order valence-corrected chi connectivity index (χ3v) is 2.60. The first-order valence-corrected chi connectivity index (χ1v) is 6.20. The van der Waals surface area contributed by atoms with Crippen LogP contribution in [0.3, 0.4) is 0 Å². The van der Waals surface area contributed by atoms with E-state index < -0.39 is 18.8 Å². The van der Waals surface area contributed by atoms with E-state index in [1.807, 2.05) is 30.3 Å². The van der Waals surface area contributed by atoms with Gasteiger partial charge in [-0.05, 0) is 12.0 Å². The molecule has 2 N–H and O–H groups in total. The molecule has 0 aliphatic carbocycles. The second-order valence-electron chi connectivity index (χ2n) is 4.45. The number of nitrogens with zero attached hydrogens (tertiary/aromatic N) is 2. The minimum Gasteiger partial charge on any atom is -0.364 e. The van der Waals surface area contributed by atoms with Gasteiger partial charge in [0, 0.05) is 0 Å². The van der Waals surface area contributed by atoms with Gasteiger partial charge in [-0.2, -0.15) is 18.2 Å². The zero-order valence-corrected chi connectivity index (χ0v) is 11.0. The van der Waals surface area contributed by atoms with Gasteiger partial charge in [-0.25, -0.2) is 0 Å². The molecular formula is C13H14F3N3O2. The van der Waals surface area contributed by atoms with Crippen molar-refractivity contribution in [1.29, 1.82) is 0 Å². The number of hydrogen-bond donors (Lipinski definition) is 1. The number of ether oxygens (including phenoxy) is 1. The lowest BCUT2D eigenvalue weighted by molar-refractivity contribution is -0.177. The van der Waals surface area contributed by atoms with Crippen molar-refractivity contribution >= 4 is 0 Å². The van der Waals surface area contributed by atoms with E-state index >= 15 is 0 Å². The molecular weight excluding hydrogens is 287 g/mol. The van der Waals surface area contributed by atoms with Gasteiger partial charge in [-0.1, -0.05) is 35.5 Å². The second-order valence-corrected chi connectivity index (χ2v) is 4.45. The van der Waals surface area contributed by atoms with Gasteiger partial charge in [0.15, 0.2) is 5.82 Å². The van der Waals surface area contributed by atoms with Gasteiger partial charge >= 0.3 is 6.18 Å². The summed E-state index contributed by atoms with van der Waals surface area (Å²) < 4.78 is 45.2. The summed E-state index contributed by atoms with van der Waals surface area (Å²) in [5, 5.41) is 3.54. The number of benzene rings is 1. The molecule has 0 aliphatic heterocycles. The van der Waals surface area contributed by atoms with Crippen LogP contribution in [0, 0.1) is 0 Å². The summed E-state index contributed by atoms with van der Waals surface area (Å²) in [6.45, 7) is -1.73. The molecule has 1 heterocycles. The maximum Gasteiger partial charge on any atom is 0.411 e. The monoisotopic (exact) mass is 301 g/mol. The molecule has 21 heavy (non-hydrogen) atoms. The molecule has 0 fully saturated rings. The molecule has 0 radical (unpaired) electrons. The number of halogens is 3. The van der Waals surface area contributed by atoms with E-state index in [9.17, 15) is 13.2 Å². The third kappa shape index (κ3) is 5.16. The predicted molar refractivity (Wildman–Crippen MR) is 67.1 cm³/mol. The van der Waals surface area contributed by atoms with Crippen LogP contribution in [0.4, 0.5) is 13.2 Å². The van der Waals surface area contributed by atoms with Crippen molar-refractivity contribution in [2.75, 3.05) is 6.61 Å². The van der Waals surface area contributed by atoms with Gasteiger partial charge in [-0.15, -0.1) is 0 Å². The number of aromatic nitrogens is 2. The van der Waals surface area contributed by atoms with Crippen molar-refractivity contribution in [2.24, 2.45) is 5.73 Å². The smallest absolute Gasteiger partial charge is 0.364 e. The molecule has 1 unspecified atom stereocenters. The predicted octanol–water partition coefficient (Wildman–Crippen LogP) is 2.39. The summed E-state index contributed by atoms with van der Waals surface area (Å²) >= 11 is 0. The van der Waals surface area contributed by atoms with Gasteiger partial charge in [-0.3, -0.25) is 0 Å². The third-order valence-electron chi connectivity index (χ3n) is 2.60. The summed E-state index contributed by atoms with van der Waals surface area (Å²) in [7, 11) is 0. The Bertz CT molecular complexity index is 557. The molecule has 5 nitrogen and oxygen atoms in total. The van der Waals surface area contributed by atoms with Crippen molar-refractivity contribution in [3.63, 3.8) is 0 Å². The van der Waals surface area contributed by atoms with E-state index in [0.29, 0.717) is 6.42 Å². The van der Waals surface area contributed by atoms with E-state index in [2.05, 4.69) is 14.9 Å². The van der Waals surface area contributed by atoms with Crippen molar-refractivity contribution in [3.05, 3.63) is 47.6 Å². The van der Waals surface area contributed by atoms with Crippen LogP contribution in [-0.2, 0) is 17.8 Å². The molecule has 0 spiro atoms. The molecule has 0 saturated heterocycles. The fraction of sp³-hybridized carbons (Fsp3) is 0.385. The van der Waals surface area contributed by atoms with Gasteiger partial charge in [0.05, 0.1) is 6.04 Å². The van der Waals surface area contributed by atoms with Crippen LogP contribution in [-0.4, -0.2) is 22.9 Å². The number of rotatable bonds is 6. The first kappa shape index (κ1) is 15.5. The average Bonchev–Trinajstić information content (AvgIpc) is 2.87. The molecule has 0 bridgehead atoms. The van der Waals surface area contributed by atoms with Crippen LogP contribution in [0.1, 0.15) is 23.3 Å². The molecule has 114 valence electrons. The molecule has 2 rings (SSSR count). The SMILES string of the molecule is NC(Cc1ccccc1)c1nc(COCC(F)(F)F)no1. The molecule has 1 aromatic carbocycles. The molecule has 0 amide bonds. The van der Waals surface area contributed by atoms with E-state index in [1.54, 1.807) is 0 Å². The quantitative estimate of drug-likeness (QED) is 0.886. The molecule has 1 aromatic heterocycles. The summed E-state index contributed by atoms with van der Waals surface area (Å²) in [6.07, 6.45) is -3.89. The van der Waals surface area contributed by atoms with Crippen LogP contribution in [0.15, 0.2) is 34.9 Å². The van der Waals surface area contributed by atoms with Gasteiger partial charge < -0.3 is 15.0 Å². The van der Waals surface area contributed by atoms with Gasteiger partial charge in [0.2, 0.25) is 5.89 Å². The van der Waals surface area contributed by atoms with Crippen LogP contribution < -0.4 is 5.73 Å². The fourth-order valence-corrected chi connectivity index (χ4v) is 1.69. The number of nitrogens with two attached hydrogens (primary N) is 1. The van der Waals surface area contributed by atoms with E-state index in [1.165, 1.54) is 0 Å². The summed E-state index contributed by atoms with van der Waals surface area (Å²) in [4.78, 5) is 3.93. The van der Waals surface area contributed by atoms with Gasteiger partial charge in [0.1, 0.15) is 13.2 Å². The molecule has 2 aromatic rings. The van der Waals surface area contributed by atoms with Gasteiger partial charge in [0.25, 0.3) is 0 Å². The van der Waals surface area contributed by atoms with Crippen molar-refractivity contribution < 1.29 is 22.4 Å². The normalized spacial score (nSPS) is 13.3. The number of hydrogen-bond acceptors (Lipinski definition) is 5. The highest BCUT2D eigenvalue weighted by Crippen LogP contribution is 2.17. The topological polar surface area (TPSA) is 74.2 Å². The second kappa shape index (κ2) is 6.68. The first-order valence-electron chi connectivity index (χ1n) is 6.20. The minimum atomic E-state index is -4.38. The zero-order chi connectivity index (χ0) is 15.3. The molecule has 8 heteroatoms. The summed E-state index contributed by atoms with van der Waals surface area (Å²) in [5.41, 5.74) is 6.92. The highest BCUT2D eigenvalue weighted by atomic mass is 19.4. The molecule has 0 saturated carbocycles. The maximum atomic E-state index is 11.9. The molecule has 1 atom stereocenters. The average molecular weight is 301 g/mol. The minimum absolute atomic E-state index is 0.0396. The van der Waals surface area contributed by atoms with Crippen LogP contribution >= 0.6 is 0 Å². The zero-order valence-electron chi connectivity index (χ0n) is 11.0. The largest absolute Gasteiger partial charge is 0.411 e. The van der Waals surface area contributed by atoms with Crippen LogP contribution in [0.25, 0.3) is 0 Å². The Hall–Kier alpha value is -1.93. The Labute approximate surface area is 118 Å². The van der Waals surface area contributed by atoms with E-state index in [4.69, 9.17) is 10.3 Å². The number of alkyl halides is 3. The maximum absolute atomic E-state index is 11.9.